The number of aromatic carboxylic acids is 1. The van der Waals surface area contributed by atoms with E-state index in [9.17, 15) is 14.3 Å². The van der Waals surface area contributed by atoms with Crippen molar-refractivity contribution >= 4 is 28.7 Å². The number of carboxylic acid groups (broad SMARTS) is 1. The van der Waals surface area contributed by atoms with Gasteiger partial charge >= 0.3 is 5.97 Å². The van der Waals surface area contributed by atoms with Crippen LogP contribution in [0.2, 0.25) is 5.02 Å². The lowest BCUT2D eigenvalue weighted by Crippen LogP contribution is -2.26. The first kappa shape index (κ1) is 26.5. The van der Waals surface area contributed by atoms with Crippen molar-refractivity contribution in [1.29, 1.82) is 0 Å². The van der Waals surface area contributed by atoms with Crippen LogP contribution in [0.5, 0.6) is 5.75 Å². The SMILES string of the molecule is Cc1ccc(C2=C(c3ccc(OC4CCN(CCCF)C4)cc3)c3ccc(C(=O)O)cc3CCC2)c(Cl)c1. The molecule has 0 amide bonds. The van der Waals surface area contributed by atoms with Gasteiger partial charge in [-0.25, -0.2) is 4.79 Å². The van der Waals surface area contributed by atoms with Crippen LogP contribution in [-0.4, -0.2) is 48.4 Å². The zero-order valence-corrected chi connectivity index (χ0v) is 22.4. The van der Waals surface area contributed by atoms with Crippen molar-refractivity contribution in [2.75, 3.05) is 26.3 Å². The summed E-state index contributed by atoms with van der Waals surface area (Å²) in [7, 11) is 0. The maximum atomic E-state index is 12.5. The Kier molecular flexibility index (Phi) is 8.15. The van der Waals surface area contributed by atoms with Crippen molar-refractivity contribution in [3.8, 4) is 5.75 Å². The number of nitrogens with zero attached hydrogens (tertiary/aromatic N) is 1. The van der Waals surface area contributed by atoms with E-state index in [2.05, 4.69) is 29.2 Å². The van der Waals surface area contributed by atoms with E-state index in [1.54, 1.807) is 6.07 Å². The van der Waals surface area contributed by atoms with Crippen LogP contribution in [-0.2, 0) is 6.42 Å². The Morgan fingerprint density at radius 1 is 1.08 bits per heavy atom. The molecule has 6 heteroatoms. The molecule has 38 heavy (non-hydrogen) atoms. The molecule has 1 N–H and O–H groups in total. The van der Waals surface area contributed by atoms with Crippen molar-refractivity contribution < 1.29 is 19.0 Å². The van der Waals surface area contributed by atoms with Crippen LogP contribution in [0.15, 0.2) is 60.7 Å². The maximum absolute atomic E-state index is 12.5. The molecule has 0 bridgehead atoms. The number of rotatable bonds is 8. The molecule has 0 spiro atoms. The zero-order valence-electron chi connectivity index (χ0n) is 21.7. The normalized spacial score (nSPS) is 17.8. The van der Waals surface area contributed by atoms with Crippen LogP contribution in [0.3, 0.4) is 0 Å². The van der Waals surface area contributed by atoms with Crippen molar-refractivity contribution in [2.45, 2.75) is 45.1 Å². The summed E-state index contributed by atoms with van der Waals surface area (Å²) in [6.07, 6.45) is 4.16. The number of hydrogen-bond acceptors (Lipinski definition) is 3. The Bertz CT molecular complexity index is 1350. The molecule has 198 valence electrons. The molecule has 0 aromatic heterocycles. The summed E-state index contributed by atoms with van der Waals surface area (Å²) in [5.41, 5.74) is 7.83. The topological polar surface area (TPSA) is 49.8 Å². The fraction of sp³-hybridized carbons (Fsp3) is 0.344. The monoisotopic (exact) mass is 533 g/mol. The summed E-state index contributed by atoms with van der Waals surface area (Å²) in [4.78, 5) is 13.9. The van der Waals surface area contributed by atoms with Crippen LogP contribution in [0.4, 0.5) is 4.39 Å². The van der Waals surface area contributed by atoms with E-state index >= 15 is 0 Å². The van der Waals surface area contributed by atoms with Gasteiger partial charge in [0.05, 0.1) is 12.2 Å². The number of allylic oxidation sites excluding steroid dienone is 1. The number of alkyl halides is 1. The predicted molar refractivity (Wildman–Crippen MR) is 151 cm³/mol. The minimum absolute atomic E-state index is 0.106. The quantitative estimate of drug-likeness (QED) is 0.326. The highest BCUT2D eigenvalue weighted by Crippen LogP contribution is 2.42. The van der Waals surface area contributed by atoms with Gasteiger partial charge in [-0.3, -0.25) is 9.29 Å². The average Bonchev–Trinajstić information content (AvgIpc) is 3.26. The van der Waals surface area contributed by atoms with Crippen LogP contribution in [0, 0.1) is 6.92 Å². The number of carbonyl (C=O) groups is 1. The number of fused-ring (bicyclic) bond motifs is 1. The van der Waals surface area contributed by atoms with E-state index in [1.807, 2.05) is 37.3 Å². The first-order valence-electron chi connectivity index (χ1n) is 13.3. The van der Waals surface area contributed by atoms with Gasteiger partial charge in [0.25, 0.3) is 0 Å². The molecule has 1 atom stereocenters. The molecule has 5 rings (SSSR count). The Hall–Kier alpha value is -3.15. The highest BCUT2D eigenvalue weighted by molar-refractivity contribution is 6.32. The van der Waals surface area contributed by atoms with Crippen LogP contribution in [0.25, 0.3) is 11.1 Å². The number of likely N-dealkylation sites (tertiary alicyclic amines) is 1. The summed E-state index contributed by atoms with van der Waals surface area (Å²) < 4.78 is 18.8. The molecular formula is C32H33ClFNO3. The van der Waals surface area contributed by atoms with Gasteiger partial charge < -0.3 is 9.84 Å². The largest absolute Gasteiger partial charge is 0.489 e. The number of carboxylic acids is 1. The lowest BCUT2D eigenvalue weighted by Gasteiger charge is -2.19. The van der Waals surface area contributed by atoms with Crippen molar-refractivity contribution in [2.24, 2.45) is 0 Å². The minimum Gasteiger partial charge on any atom is -0.489 e. The molecule has 2 aliphatic rings. The highest BCUT2D eigenvalue weighted by atomic mass is 35.5. The molecule has 0 radical (unpaired) electrons. The summed E-state index contributed by atoms with van der Waals surface area (Å²) in [6.45, 7) is 4.28. The van der Waals surface area contributed by atoms with Crippen LogP contribution >= 0.6 is 11.6 Å². The van der Waals surface area contributed by atoms with Crippen molar-refractivity contribution in [3.63, 3.8) is 0 Å². The Balaban J connectivity index is 1.51. The number of aryl methyl sites for hydroxylation is 2. The van der Waals surface area contributed by atoms with Gasteiger partial charge in [-0.1, -0.05) is 41.9 Å². The molecule has 1 heterocycles. The smallest absolute Gasteiger partial charge is 0.335 e. The highest BCUT2D eigenvalue weighted by Gasteiger charge is 2.25. The second kappa shape index (κ2) is 11.7. The van der Waals surface area contributed by atoms with E-state index < -0.39 is 5.97 Å². The van der Waals surface area contributed by atoms with E-state index in [0.717, 1.165) is 89.5 Å². The molecular weight excluding hydrogens is 501 g/mol. The lowest BCUT2D eigenvalue weighted by atomic mass is 9.87. The van der Waals surface area contributed by atoms with Gasteiger partial charge in [0.1, 0.15) is 11.9 Å². The number of ether oxygens (including phenoxy) is 1. The number of hydrogen-bond donors (Lipinski definition) is 1. The first-order valence-corrected chi connectivity index (χ1v) is 13.7. The van der Waals surface area contributed by atoms with Gasteiger partial charge in [-0.2, -0.15) is 0 Å². The molecule has 4 nitrogen and oxygen atoms in total. The second-order valence-corrected chi connectivity index (χ2v) is 10.7. The predicted octanol–water partition coefficient (Wildman–Crippen LogP) is 7.45. The second-order valence-electron chi connectivity index (χ2n) is 10.3. The van der Waals surface area contributed by atoms with Gasteiger partial charge in [-0.15, -0.1) is 0 Å². The van der Waals surface area contributed by atoms with E-state index in [0.29, 0.717) is 12.0 Å². The summed E-state index contributed by atoms with van der Waals surface area (Å²) in [6, 6.07) is 19.8. The van der Waals surface area contributed by atoms with Crippen LogP contribution < -0.4 is 4.74 Å². The Labute approximate surface area is 228 Å². The van der Waals surface area contributed by atoms with Crippen LogP contribution in [0.1, 0.15) is 63.9 Å². The summed E-state index contributed by atoms with van der Waals surface area (Å²) in [5.74, 6) is -0.0993. The third-order valence-corrected chi connectivity index (χ3v) is 7.84. The summed E-state index contributed by atoms with van der Waals surface area (Å²) >= 11 is 6.77. The standard InChI is InChI=1S/C32H33ClFNO3/c1-21-6-12-28(30(33)18-21)29-5-2-4-23-19-24(32(36)37)9-13-27(23)31(29)22-7-10-25(11-8-22)38-26-14-17-35(20-26)16-3-15-34/h6-13,18-19,26H,2-5,14-17,20H2,1H3,(H,36,37). The minimum atomic E-state index is -0.916. The van der Waals surface area contributed by atoms with Crippen molar-refractivity contribution in [3.05, 3.63) is 99.1 Å². The molecule has 1 fully saturated rings. The molecule has 1 aliphatic heterocycles. The van der Waals surface area contributed by atoms with Gasteiger partial charge in [0.15, 0.2) is 0 Å². The van der Waals surface area contributed by atoms with E-state index in [4.69, 9.17) is 16.3 Å². The lowest BCUT2D eigenvalue weighted by molar-refractivity contribution is 0.0696. The molecule has 0 saturated carbocycles. The fourth-order valence-corrected chi connectivity index (χ4v) is 6.01. The third kappa shape index (κ3) is 5.79. The molecule has 1 aliphatic carbocycles. The average molecular weight is 534 g/mol. The summed E-state index contributed by atoms with van der Waals surface area (Å²) in [5, 5.41) is 10.3. The van der Waals surface area contributed by atoms with E-state index in [1.165, 1.54) is 5.57 Å². The van der Waals surface area contributed by atoms with E-state index in [-0.39, 0.29) is 12.8 Å². The first-order chi connectivity index (χ1) is 18.4. The zero-order chi connectivity index (χ0) is 26.6. The maximum Gasteiger partial charge on any atom is 0.335 e. The molecule has 1 saturated heterocycles. The molecule has 3 aromatic carbocycles. The van der Waals surface area contributed by atoms with Gasteiger partial charge in [0, 0.05) is 24.7 Å². The fourth-order valence-electron chi connectivity index (χ4n) is 5.66. The Morgan fingerprint density at radius 3 is 2.61 bits per heavy atom. The molecule has 3 aromatic rings. The number of halogens is 2. The van der Waals surface area contributed by atoms with Gasteiger partial charge in [0.2, 0.25) is 0 Å². The van der Waals surface area contributed by atoms with Gasteiger partial charge in [-0.05, 0) is 108 Å². The number of benzene rings is 3. The van der Waals surface area contributed by atoms with Crippen molar-refractivity contribution in [1.82, 2.24) is 4.90 Å². The molecule has 1 unspecified atom stereocenters. The third-order valence-electron chi connectivity index (χ3n) is 7.53. The Morgan fingerprint density at radius 2 is 1.87 bits per heavy atom.